The predicted molar refractivity (Wildman–Crippen MR) is 69.9 cm³/mol. The minimum Gasteiger partial charge on any atom is -0.379 e. The molecule has 1 aromatic carbocycles. The molecule has 3 heteroatoms. The van der Waals surface area contributed by atoms with Crippen LogP contribution < -0.4 is 5.73 Å². The van der Waals surface area contributed by atoms with Gasteiger partial charge in [-0.15, -0.1) is 0 Å². The molecule has 1 fully saturated rings. The first kappa shape index (κ1) is 12.6. The van der Waals surface area contributed by atoms with E-state index in [9.17, 15) is 0 Å². The molecule has 17 heavy (non-hydrogen) atoms. The van der Waals surface area contributed by atoms with Crippen LogP contribution in [0.3, 0.4) is 0 Å². The van der Waals surface area contributed by atoms with Crippen molar-refractivity contribution in [1.82, 2.24) is 4.90 Å². The van der Waals surface area contributed by atoms with E-state index in [1.165, 1.54) is 5.56 Å². The van der Waals surface area contributed by atoms with Gasteiger partial charge < -0.3 is 15.4 Å². The van der Waals surface area contributed by atoms with Crippen LogP contribution in [-0.2, 0) is 11.2 Å². The minimum atomic E-state index is 0.217. The van der Waals surface area contributed by atoms with Gasteiger partial charge >= 0.3 is 0 Å². The molecule has 2 atom stereocenters. The van der Waals surface area contributed by atoms with Gasteiger partial charge in [0.2, 0.25) is 0 Å². The number of hydrogen-bond acceptors (Lipinski definition) is 3. The topological polar surface area (TPSA) is 38.5 Å². The van der Waals surface area contributed by atoms with Crippen LogP contribution in [0, 0.1) is 5.92 Å². The Labute approximate surface area is 104 Å². The molecule has 0 bridgehead atoms. The van der Waals surface area contributed by atoms with Gasteiger partial charge in [0.05, 0.1) is 13.2 Å². The molecule has 0 aromatic heterocycles. The summed E-state index contributed by atoms with van der Waals surface area (Å²) < 4.78 is 5.38. The van der Waals surface area contributed by atoms with E-state index in [1.54, 1.807) is 0 Å². The van der Waals surface area contributed by atoms with Crippen molar-refractivity contribution in [1.29, 1.82) is 0 Å². The van der Waals surface area contributed by atoms with Crippen LogP contribution in [0.4, 0.5) is 0 Å². The van der Waals surface area contributed by atoms with Crippen LogP contribution >= 0.6 is 0 Å². The van der Waals surface area contributed by atoms with Gasteiger partial charge in [0.15, 0.2) is 0 Å². The van der Waals surface area contributed by atoms with Crippen LogP contribution in [0.25, 0.3) is 0 Å². The van der Waals surface area contributed by atoms with Crippen molar-refractivity contribution in [3.8, 4) is 0 Å². The highest BCUT2D eigenvalue weighted by Gasteiger charge is 2.25. The maximum atomic E-state index is 5.98. The first-order chi connectivity index (χ1) is 8.25. The molecule has 1 aliphatic rings. The number of nitrogens with zero attached hydrogens (tertiary/aromatic N) is 1. The normalized spacial score (nSPS) is 24.4. The third-order valence-electron chi connectivity index (χ3n) is 3.42. The fraction of sp³-hybridized carbons (Fsp3) is 0.571. The summed E-state index contributed by atoms with van der Waals surface area (Å²) in [4.78, 5) is 2.35. The zero-order valence-electron chi connectivity index (χ0n) is 10.5. The standard InChI is InChI=1S/C14H22N2O/c1-16(9-13-10-17-11-14(13)15)8-7-12-5-3-2-4-6-12/h2-6,13-14H,7-11,15H2,1H3. The first-order valence-corrected chi connectivity index (χ1v) is 6.31. The summed E-state index contributed by atoms with van der Waals surface area (Å²) in [6.45, 7) is 3.65. The molecule has 0 aliphatic carbocycles. The van der Waals surface area contributed by atoms with Crippen LogP contribution in [0.15, 0.2) is 30.3 Å². The molecule has 2 N–H and O–H groups in total. The lowest BCUT2D eigenvalue weighted by Gasteiger charge is -2.22. The SMILES string of the molecule is CN(CCc1ccccc1)CC1COCC1N. The number of hydrogen-bond donors (Lipinski definition) is 1. The Kier molecular flexibility index (Phi) is 4.54. The third kappa shape index (κ3) is 3.80. The summed E-state index contributed by atoms with van der Waals surface area (Å²) in [7, 11) is 2.16. The van der Waals surface area contributed by atoms with Gasteiger partial charge in [0.1, 0.15) is 0 Å². The second-order valence-electron chi connectivity index (χ2n) is 4.96. The zero-order chi connectivity index (χ0) is 12.1. The van der Waals surface area contributed by atoms with E-state index in [0.717, 1.165) is 32.7 Å². The molecule has 2 rings (SSSR count). The highest BCUT2D eigenvalue weighted by Crippen LogP contribution is 2.12. The third-order valence-corrected chi connectivity index (χ3v) is 3.42. The van der Waals surface area contributed by atoms with Crippen molar-refractivity contribution in [2.24, 2.45) is 11.7 Å². The molecule has 0 radical (unpaired) electrons. The molecule has 1 aliphatic heterocycles. The quantitative estimate of drug-likeness (QED) is 0.830. The second-order valence-corrected chi connectivity index (χ2v) is 4.96. The molecule has 94 valence electrons. The summed E-state index contributed by atoms with van der Waals surface area (Å²) in [5.41, 5.74) is 7.38. The molecule has 1 aromatic rings. The molecule has 0 saturated carbocycles. The lowest BCUT2D eigenvalue weighted by molar-refractivity contribution is 0.174. The second kappa shape index (κ2) is 6.15. The number of rotatable bonds is 5. The first-order valence-electron chi connectivity index (χ1n) is 6.31. The molecule has 3 nitrogen and oxygen atoms in total. The summed E-state index contributed by atoms with van der Waals surface area (Å²) in [6.07, 6.45) is 1.10. The fourth-order valence-electron chi connectivity index (χ4n) is 2.26. The number of nitrogens with two attached hydrogens (primary N) is 1. The summed E-state index contributed by atoms with van der Waals surface area (Å²) >= 11 is 0. The van der Waals surface area contributed by atoms with Crippen LogP contribution in [0.1, 0.15) is 5.56 Å². The van der Waals surface area contributed by atoms with Crippen molar-refractivity contribution in [3.63, 3.8) is 0 Å². The average Bonchev–Trinajstić information content (AvgIpc) is 2.74. The average molecular weight is 234 g/mol. The van der Waals surface area contributed by atoms with Crippen molar-refractivity contribution in [2.45, 2.75) is 12.5 Å². The Morgan fingerprint density at radius 3 is 2.71 bits per heavy atom. The Balaban J connectivity index is 1.72. The van der Waals surface area contributed by atoms with Gasteiger partial charge in [-0.25, -0.2) is 0 Å². The Morgan fingerprint density at radius 1 is 1.29 bits per heavy atom. The minimum absolute atomic E-state index is 0.217. The van der Waals surface area contributed by atoms with Crippen molar-refractivity contribution >= 4 is 0 Å². The smallest absolute Gasteiger partial charge is 0.0621 e. The molecule has 1 saturated heterocycles. The highest BCUT2D eigenvalue weighted by molar-refractivity contribution is 5.14. The van der Waals surface area contributed by atoms with E-state index in [1.807, 2.05) is 0 Å². The van der Waals surface area contributed by atoms with Crippen molar-refractivity contribution in [3.05, 3.63) is 35.9 Å². The molecule has 0 spiro atoms. The lowest BCUT2D eigenvalue weighted by atomic mass is 10.0. The van der Waals surface area contributed by atoms with E-state index < -0.39 is 0 Å². The molecule has 2 unspecified atom stereocenters. The van der Waals surface area contributed by atoms with Gasteiger partial charge in [-0.1, -0.05) is 30.3 Å². The maximum absolute atomic E-state index is 5.98. The van der Waals surface area contributed by atoms with Crippen molar-refractivity contribution in [2.75, 3.05) is 33.4 Å². The van der Waals surface area contributed by atoms with E-state index in [4.69, 9.17) is 10.5 Å². The Morgan fingerprint density at radius 2 is 2.06 bits per heavy atom. The molecule has 0 amide bonds. The monoisotopic (exact) mass is 234 g/mol. The lowest BCUT2D eigenvalue weighted by Crippen LogP contribution is -2.37. The summed E-state index contributed by atoms with van der Waals surface area (Å²) in [6, 6.07) is 10.8. The number of benzene rings is 1. The van der Waals surface area contributed by atoms with Gasteiger partial charge in [-0.05, 0) is 19.0 Å². The van der Waals surface area contributed by atoms with E-state index in [0.29, 0.717) is 5.92 Å². The van der Waals surface area contributed by atoms with E-state index in [2.05, 4.69) is 42.3 Å². The van der Waals surface area contributed by atoms with Gasteiger partial charge in [0.25, 0.3) is 0 Å². The van der Waals surface area contributed by atoms with Gasteiger partial charge in [-0.2, -0.15) is 0 Å². The molecular formula is C14H22N2O. The van der Waals surface area contributed by atoms with Crippen LogP contribution in [0.5, 0.6) is 0 Å². The Bertz CT molecular complexity index is 328. The number of ether oxygens (including phenoxy) is 1. The van der Waals surface area contributed by atoms with Crippen LogP contribution in [0.2, 0.25) is 0 Å². The fourth-order valence-corrected chi connectivity index (χ4v) is 2.26. The summed E-state index contributed by atoms with van der Waals surface area (Å²) in [5, 5.41) is 0. The summed E-state index contributed by atoms with van der Waals surface area (Å²) in [5.74, 6) is 0.496. The largest absolute Gasteiger partial charge is 0.379 e. The van der Waals surface area contributed by atoms with E-state index >= 15 is 0 Å². The van der Waals surface area contributed by atoms with Gasteiger partial charge in [-0.3, -0.25) is 0 Å². The van der Waals surface area contributed by atoms with Crippen molar-refractivity contribution < 1.29 is 4.74 Å². The molecular weight excluding hydrogens is 212 g/mol. The van der Waals surface area contributed by atoms with Crippen LogP contribution in [-0.4, -0.2) is 44.3 Å². The highest BCUT2D eigenvalue weighted by atomic mass is 16.5. The Hall–Kier alpha value is -0.900. The maximum Gasteiger partial charge on any atom is 0.0621 e. The van der Waals surface area contributed by atoms with E-state index in [-0.39, 0.29) is 6.04 Å². The zero-order valence-corrected chi connectivity index (χ0v) is 10.5. The predicted octanol–water partition coefficient (Wildman–Crippen LogP) is 1.13. The van der Waals surface area contributed by atoms with Gasteiger partial charge in [0, 0.05) is 25.0 Å². The molecule has 1 heterocycles. The number of likely N-dealkylation sites (N-methyl/N-ethyl adjacent to an activating group) is 1.